The Balaban J connectivity index is 1.37. The zero-order valence-corrected chi connectivity index (χ0v) is 13.0. The molecular weight excluding hydrogens is 276 g/mol. The largest absolute Gasteiger partial charge is 0.354 e. The molecule has 2 aliphatic rings. The molecule has 1 heterocycles. The molecule has 4 nitrogen and oxygen atoms in total. The maximum atomic E-state index is 12.2. The van der Waals surface area contributed by atoms with Gasteiger partial charge in [-0.25, -0.2) is 0 Å². The second-order valence-corrected chi connectivity index (χ2v) is 6.42. The average molecular weight is 300 g/mol. The normalized spacial score (nSPS) is 17.8. The molecule has 0 spiro atoms. The highest BCUT2D eigenvalue weighted by Crippen LogP contribution is 2.28. The standard InChI is InChI=1S/C18H24N2O2/c21-17(10-9-14-5-1-2-6-14)19-11-12-20-13-15-7-3-4-8-16(15)18(20)22/h3-4,7-8,14H,1-2,5-6,9-13H2,(H,19,21). The van der Waals surface area contributed by atoms with Gasteiger partial charge in [-0.15, -0.1) is 0 Å². The Bertz CT molecular complexity index is 550. The average Bonchev–Trinajstić information content (AvgIpc) is 3.15. The topological polar surface area (TPSA) is 49.4 Å². The maximum Gasteiger partial charge on any atom is 0.254 e. The summed E-state index contributed by atoms with van der Waals surface area (Å²) in [7, 11) is 0. The number of hydrogen-bond donors (Lipinski definition) is 1. The van der Waals surface area contributed by atoms with Gasteiger partial charge in [-0.1, -0.05) is 43.9 Å². The molecule has 1 aliphatic heterocycles. The van der Waals surface area contributed by atoms with Crippen LogP contribution in [0.3, 0.4) is 0 Å². The zero-order chi connectivity index (χ0) is 15.4. The quantitative estimate of drug-likeness (QED) is 0.878. The summed E-state index contributed by atoms with van der Waals surface area (Å²) < 4.78 is 0. The van der Waals surface area contributed by atoms with Gasteiger partial charge in [-0.05, 0) is 24.0 Å². The number of fused-ring (bicyclic) bond motifs is 1. The second-order valence-electron chi connectivity index (χ2n) is 6.42. The molecule has 3 rings (SSSR count). The summed E-state index contributed by atoms with van der Waals surface area (Å²) in [4.78, 5) is 25.9. The first-order valence-corrected chi connectivity index (χ1v) is 8.38. The summed E-state index contributed by atoms with van der Waals surface area (Å²) in [5, 5.41) is 2.95. The third kappa shape index (κ3) is 3.49. The minimum atomic E-state index is 0.0794. The molecule has 2 amide bonds. The van der Waals surface area contributed by atoms with Gasteiger partial charge in [0.15, 0.2) is 0 Å². The molecule has 4 heteroatoms. The van der Waals surface area contributed by atoms with Crippen LogP contribution in [0.4, 0.5) is 0 Å². The first-order chi connectivity index (χ1) is 10.7. The molecule has 0 aromatic heterocycles. The van der Waals surface area contributed by atoms with Gasteiger partial charge in [0.2, 0.25) is 5.91 Å². The maximum absolute atomic E-state index is 12.2. The molecule has 1 aliphatic carbocycles. The van der Waals surface area contributed by atoms with Crippen molar-refractivity contribution in [3.05, 3.63) is 35.4 Å². The Morgan fingerprint density at radius 3 is 2.77 bits per heavy atom. The molecule has 0 saturated heterocycles. The zero-order valence-electron chi connectivity index (χ0n) is 13.0. The van der Waals surface area contributed by atoms with Crippen molar-refractivity contribution in [3.8, 4) is 0 Å². The fourth-order valence-electron chi connectivity index (χ4n) is 3.55. The number of nitrogens with one attached hydrogen (secondary N) is 1. The second kappa shape index (κ2) is 6.95. The minimum Gasteiger partial charge on any atom is -0.354 e. The van der Waals surface area contributed by atoms with Crippen molar-refractivity contribution in [3.63, 3.8) is 0 Å². The molecule has 1 fully saturated rings. The van der Waals surface area contributed by atoms with Crippen LogP contribution in [0.25, 0.3) is 0 Å². The molecule has 1 saturated carbocycles. The summed E-state index contributed by atoms with van der Waals surface area (Å²) in [5.74, 6) is 0.951. The molecular formula is C18H24N2O2. The van der Waals surface area contributed by atoms with Crippen LogP contribution in [0.2, 0.25) is 0 Å². The van der Waals surface area contributed by atoms with E-state index < -0.39 is 0 Å². The highest BCUT2D eigenvalue weighted by Gasteiger charge is 2.26. The molecule has 0 unspecified atom stereocenters. The number of benzene rings is 1. The molecule has 1 N–H and O–H groups in total. The van der Waals surface area contributed by atoms with Crippen LogP contribution in [0.5, 0.6) is 0 Å². The number of nitrogens with zero attached hydrogens (tertiary/aromatic N) is 1. The first-order valence-electron chi connectivity index (χ1n) is 8.38. The molecule has 22 heavy (non-hydrogen) atoms. The lowest BCUT2D eigenvalue weighted by atomic mass is 10.0. The smallest absolute Gasteiger partial charge is 0.254 e. The SMILES string of the molecule is O=C(CCC1CCCC1)NCCN1Cc2ccccc2C1=O. The van der Waals surface area contributed by atoms with Gasteiger partial charge in [0.05, 0.1) is 0 Å². The highest BCUT2D eigenvalue weighted by atomic mass is 16.2. The molecule has 0 atom stereocenters. The van der Waals surface area contributed by atoms with Gasteiger partial charge in [-0.3, -0.25) is 9.59 Å². The Hall–Kier alpha value is -1.84. The van der Waals surface area contributed by atoms with E-state index in [1.165, 1.54) is 25.7 Å². The highest BCUT2D eigenvalue weighted by molar-refractivity contribution is 5.98. The van der Waals surface area contributed by atoms with Crippen LogP contribution in [-0.2, 0) is 11.3 Å². The lowest BCUT2D eigenvalue weighted by Crippen LogP contribution is -2.35. The fourth-order valence-corrected chi connectivity index (χ4v) is 3.55. The third-order valence-corrected chi connectivity index (χ3v) is 4.85. The summed E-state index contributed by atoms with van der Waals surface area (Å²) >= 11 is 0. The molecule has 118 valence electrons. The van der Waals surface area contributed by atoms with Crippen molar-refractivity contribution < 1.29 is 9.59 Å². The fraction of sp³-hybridized carbons (Fsp3) is 0.556. The van der Waals surface area contributed by atoms with E-state index in [9.17, 15) is 9.59 Å². The molecule has 1 aromatic carbocycles. The van der Waals surface area contributed by atoms with Crippen LogP contribution in [0.1, 0.15) is 54.4 Å². The molecule has 0 radical (unpaired) electrons. The van der Waals surface area contributed by atoms with E-state index >= 15 is 0 Å². The van der Waals surface area contributed by atoms with Gasteiger partial charge in [0.1, 0.15) is 0 Å². The van der Waals surface area contributed by atoms with Crippen molar-refractivity contribution >= 4 is 11.8 Å². The van der Waals surface area contributed by atoms with Crippen molar-refractivity contribution in [1.29, 1.82) is 0 Å². The van der Waals surface area contributed by atoms with Crippen molar-refractivity contribution in [1.82, 2.24) is 10.2 Å². The van der Waals surface area contributed by atoms with Crippen LogP contribution in [0, 0.1) is 5.92 Å². The van der Waals surface area contributed by atoms with E-state index in [0.717, 1.165) is 23.5 Å². The predicted molar refractivity (Wildman–Crippen MR) is 85.4 cm³/mol. The number of rotatable bonds is 6. The third-order valence-electron chi connectivity index (χ3n) is 4.85. The van der Waals surface area contributed by atoms with E-state index in [1.807, 2.05) is 29.2 Å². The summed E-state index contributed by atoms with van der Waals surface area (Å²) in [6.45, 7) is 1.79. The van der Waals surface area contributed by atoms with E-state index in [1.54, 1.807) is 0 Å². The van der Waals surface area contributed by atoms with Crippen molar-refractivity contribution in [2.75, 3.05) is 13.1 Å². The summed E-state index contributed by atoms with van der Waals surface area (Å²) in [5.41, 5.74) is 1.88. The lowest BCUT2D eigenvalue weighted by Gasteiger charge is -2.16. The Morgan fingerprint density at radius 2 is 2.00 bits per heavy atom. The van der Waals surface area contributed by atoms with Crippen LogP contribution < -0.4 is 5.32 Å². The van der Waals surface area contributed by atoms with Crippen LogP contribution >= 0.6 is 0 Å². The Morgan fingerprint density at radius 1 is 1.23 bits per heavy atom. The number of carbonyl (C=O) groups is 2. The van der Waals surface area contributed by atoms with Crippen molar-refractivity contribution in [2.45, 2.75) is 45.1 Å². The van der Waals surface area contributed by atoms with Crippen molar-refractivity contribution in [2.24, 2.45) is 5.92 Å². The molecule has 0 bridgehead atoms. The van der Waals surface area contributed by atoms with E-state index in [2.05, 4.69) is 5.32 Å². The first kappa shape index (κ1) is 15.1. The van der Waals surface area contributed by atoms with Gasteiger partial charge in [-0.2, -0.15) is 0 Å². The Labute approximate surface area is 131 Å². The number of carbonyl (C=O) groups excluding carboxylic acids is 2. The van der Waals surface area contributed by atoms with Gasteiger partial charge in [0.25, 0.3) is 5.91 Å². The van der Waals surface area contributed by atoms with E-state index in [0.29, 0.717) is 26.1 Å². The Kier molecular flexibility index (Phi) is 4.76. The van der Waals surface area contributed by atoms with Gasteiger partial charge in [0, 0.05) is 31.6 Å². The van der Waals surface area contributed by atoms with E-state index in [4.69, 9.17) is 0 Å². The molecule has 1 aromatic rings. The van der Waals surface area contributed by atoms with E-state index in [-0.39, 0.29) is 11.8 Å². The minimum absolute atomic E-state index is 0.0794. The van der Waals surface area contributed by atoms with Crippen LogP contribution in [-0.4, -0.2) is 29.8 Å². The predicted octanol–water partition coefficient (Wildman–Crippen LogP) is 2.73. The van der Waals surface area contributed by atoms with Gasteiger partial charge < -0.3 is 10.2 Å². The van der Waals surface area contributed by atoms with Crippen LogP contribution in [0.15, 0.2) is 24.3 Å². The monoisotopic (exact) mass is 300 g/mol. The summed E-state index contributed by atoms with van der Waals surface area (Å²) in [6, 6.07) is 7.72. The number of hydrogen-bond acceptors (Lipinski definition) is 2. The number of amides is 2. The lowest BCUT2D eigenvalue weighted by molar-refractivity contribution is -0.121. The van der Waals surface area contributed by atoms with Gasteiger partial charge >= 0.3 is 0 Å². The summed E-state index contributed by atoms with van der Waals surface area (Å²) in [6.07, 6.45) is 6.86.